The van der Waals surface area contributed by atoms with Crippen molar-refractivity contribution in [3.05, 3.63) is 64.9 Å². The summed E-state index contributed by atoms with van der Waals surface area (Å²) in [7, 11) is -3.58. The van der Waals surface area contributed by atoms with Gasteiger partial charge in [0.05, 0.1) is 11.7 Å². The number of anilines is 1. The van der Waals surface area contributed by atoms with Gasteiger partial charge in [-0.05, 0) is 48.7 Å². The zero-order valence-corrected chi connectivity index (χ0v) is 16.1. The zero-order chi connectivity index (χ0) is 19.4. The summed E-state index contributed by atoms with van der Waals surface area (Å²) >= 11 is 6.08. The van der Waals surface area contributed by atoms with Gasteiger partial charge in [0.1, 0.15) is 5.82 Å². The summed E-state index contributed by atoms with van der Waals surface area (Å²) in [6, 6.07) is 12.3. The van der Waals surface area contributed by atoms with E-state index in [0.717, 1.165) is 0 Å². The van der Waals surface area contributed by atoms with Gasteiger partial charge in [0, 0.05) is 23.8 Å². The molecule has 3 rings (SSSR count). The van der Waals surface area contributed by atoms with Crippen LogP contribution in [0.1, 0.15) is 18.4 Å². The van der Waals surface area contributed by atoms with Crippen LogP contribution in [-0.2, 0) is 20.6 Å². The van der Waals surface area contributed by atoms with Crippen molar-refractivity contribution in [3.8, 4) is 0 Å². The molecular weight excluding hydrogens is 391 g/mol. The molecule has 1 atom stereocenters. The van der Waals surface area contributed by atoms with E-state index in [1.807, 2.05) is 0 Å². The van der Waals surface area contributed by atoms with Crippen LogP contribution >= 0.6 is 11.6 Å². The number of hydrogen-bond acceptors (Lipinski definition) is 3. The standard InChI is InChI=1S/C19H20ClFN2O3S/c20-18-6-2-1-4-15(18)13-27(25,26)23-11-3-5-14(12-23)19(24)22-17-9-7-16(21)8-10-17/h1-2,4,6-10,14H,3,5,11-13H2,(H,22,24). The number of carbonyl (C=O) groups excluding carboxylic acids is 1. The maximum atomic E-state index is 13.0. The molecule has 0 saturated carbocycles. The summed E-state index contributed by atoms with van der Waals surface area (Å²) in [4.78, 5) is 12.5. The van der Waals surface area contributed by atoms with Crippen LogP contribution in [0.2, 0.25) is 5.02 Å². The second-order valence-corrected chi connectivity index (χ2v) is 8.92. The van der Waals surface area contributed by atoms with E-state index in [1.165, 1.54) is 28.6 Å². The molecule has 0 aliphatic carbocycles. The molecule has 1 saturated heterocycles. The molecule has 0 radical (unpaired) electrons. The molecule has 27 heavy (non-hydrogen) atoms. The molecule has 1 aliphatic heterocycles. The van der Waals surface area contributed by atoms with E-state index in [4.69, 9.17) is 11.6 Å². The Hall–Kier alpha value is -1.96. The average Bonchev–Trinajstić information content (AvgIpc) is 2.65. The Balaban J connectivity index is 1.66. The molecule has 2 aromatic carbocycles. The van der Waals surface area contributed by atoms with Crippen molar-refractivity contribution in [2.45, 2.75) is 18.6 Å². The van der Waals surface area contributed by atoms with Crippen LogP contribution in [0.4, 0.5) is 10.1 Å². The Morgan fingerprint density at radius 3 is 2.59 bits per heavy atom. The van der Waals surface area contributed by atoms with Gasteiger partial charge in [-0.15, -0.1) is 0 Å². The minimum Gasteiger partial charge on any atom is -0.326 e. The predicted octanol–water partition coefficient (Wildman–Crippen LogP) is 3.66. The first kappa shape index (κ1) is 19.8. The Morgan fingerprint density at radius 1 is 1.19 bits per heavy atom. The molecule has 0 bridgehead atoms. The van der Waals surface area contributed by atoms with Crippen LogP contribution in [-0.4, -0.2) is 31.7 Å². The number of carbonyl (C=O) groups is 1. The highest BCUT2D eigenvalue weighted by Crippen LogP contribution is 2.25. The van der Waals surface area contributed by atoms with Crippen molar-refractivity contribution in [2.75, 3.05) is 18.4 Å². The number of nitrogens with zero attached hydrogens (tertiary/aromatic N) is 1. The largest absolute Gasteiger partial charge is 0.326 e. The van der Waals surface area contributed by atoms with Gasteiger partial charge in [0.25, 0.3) is 0 Å². The Bertz CT molecular complexity index is 919. The normalized spacial score (nSPS) is 18.2. The quantitative estimate of drug-likeness (QED) is 0.818. The summed E-state index contributed by atoms with van der Waals surface area (Å²) in [6.45, 7) is 0.507. The lowest BCUT2D eigenvalue weighted by molar-refractivity contribution is -0.120. The maximum absolute atomic E-state index is 13.0. The molecule has 144 valence electrons. The molecule has 1 heterocycles. The van der Waals surface area contributed by atoms with Gasteiger partial charge < -0.3 is 5.32 Å². The van der Waals surface area contributed by atoms with Gasteiger partial charge >= 0.3 is 0 Å². The molecule has 1 amide bonds. The summed E-state index contributed by atoms with van der Waals surface area (Å²) in [6.07, 6.45) is 1.20. The average molecular weight is 411 g/mol. The molecule has 1 N–H and O–H groups in total. The van der Waals surface area contributed by atoms with Gasteiger partial charge in [-0.25, -0.2) is 17.1 Å². The minimum atomic E-state index is -3.58. The topological polar surface area (TPSA) is 66.5 Å². The predicted molar refractivity (Wildman–Crippen MR) is 103 cm³/mol. The number of hydrogen-bond donors (Lipinski definition) is 1. The van der Waals surface area contributed by atoms with E-state index in [2.05, 4.69) is 5.32 Å². The number of benzene rings is 2. The fourth-order valence-corrected chi connectivity index (χ4v) is 5.01. The first-order chi connectivity index (χ1) is 12.8. The van der Waals surface area contributed by atoms with Crippen molar-refractivity contribution in [1.82, 2.24) is 4.31 Å². The second kappa shape index (κ2) is 8.37. The number of nitrogens with one attached hydrogen (secondary N) is 1. The maximum Gasteiger partial charge on any atom is 0.228 e. The van der Waals surface area contributed by atoms with Crippen molar-refractivity contribution in [3.63, 3.8) is 0 Å². The summed E-state index contributed by atoms with van der Waals surface area (Å²) in [5, 5.41) is 3.13. The third-order valence-corrected chi connectivity index (χ3v) is 6.72. The van der Waals surface area contributed by atoms with Gasteiger partial charge in [-0.1, -0.05) is 29.8 Å². The van der Waals surface area contributed by atoms with Crippen LogP contribution in [0, 0.1) is 11.7 Å². The summed E-state index contributed by atoms with van der Waals surface area (Å²) < 4.78 is 39.9. The number of sulfonamides is 1. The monoisotopic (exact) mass is 410 g/mol. The highest BCUT2D eigenvalue weighted by atomic mass is 35.5. The second-order valence-electron chi connectivity index (χ2n) is 6.54. The molecule has 5 nitrogen and oxygen atoms in total. The highest BCUT2D eigenvalue weighted by Gasteiger charge is 2.32. The molecule has 8 heteroatoms. The lowest BCUT2D eigenvalue weighted by atomic mass is 9.99. The van der Waals surface area contributed by atoms with E-state index < -0.39 is 15.9 Å². The summed E-state index contributed by atoms with van der Waals surface area (Å²) in [5.41, 5.74) is 1.02. The number of amides is 1. The van der Waals surface area contributed by atoms with Crippen molar-refractivity contribution in [2.24, 2.45) is 5.92 Å². The van der Waals surface area contributed by atoms with Crippen molar-refractivity contribution >= 4 is 33.2 Å². The van der Waals surface area contributed by atoms with Gasteiger partial charge in [0.15, 0.2) is 0 Å². The number of piperidine rings is 1. The van der Waals surface area contributed by atoms with Crippen LogP contribution in [0.15, 0.2) is 48.5 Å². The SMILES string of the molecule is O=C(Nc1ccc(F)cc1)C1CCCN(S(=O)(=O)Cc2ccccc2Cl)C1. The van der Waals surface area contributed by atoms with E-state index in [0.29, 0.717) is 35.7 Å². The molecular formula is C19H20ClFN2O3S. The van der Waals surface area contributed by atoms with Gasteiger partial charge in [-0.3, -0.25) is 4.79 Å². The van der Waals surface area contributed by atoms with E-state index in [9.17, 15) is 17.6 Å². The van der Waals surface area contributed by atoms with Gasteiger partial charge in [-0.2, -0.15) is 0 Å². The molecule has 1 aliphatic rings. The van der Waals surface area contributed by atoms with E-state index in [-0.39, 0.29) is 24.0 Å². The molecule has 2 aromatic rings. The van der Waals surface area contributed by atoms with Crippen LogP contribution < -0.4 is 5.32 Å². The van der Waals surface area contributed by atoms with Crippen LogP contribution in [0.5, 0.6) is 0 Å². The lowest BCUT2D eigenvalue weighted by Gasteiger charge is -2.31. The van der Waals surface area contributed by atoms with Crippen molar-refractivity contribution < 1.29 is 17.6 Å². The van der Waals surface area contributed by atoms with E-state index in [1.54, 1.807) is 24.3 Å². The van der Waals surface area contributed by atoms with Crippen LogP contribution in [0.3, 0.4) is 0 Å². The van der Waals surface area contributed by atoms with Gasteiger partial charge in [0.2, 0.25) is 15.9 Å². The third-order valence-electron chi connectivity index (χ3n) is 4.56. The third kappa shape index (κ3) is 5.06. The highest BCUT2D eigenvalue weighted by molar-refractivity contribution is 7.88. The molecule has 0 spiro atoms. The molecule has 0 aromatic heterocycles. The molecule has 1 fully saturated rings. The Morgan fingerprint density at radius 2 is 1.89 bits per heavy atom. The Kier molecular flexibility index (Phi) is 6.14. The number of halogens is 2. The Labute approximate surface area is 163 Å². The first-order valence-electron chi connectivity index (χ1n) is 8.63. The molecule has 1 unspecified atom stereocenters. The summed E-state index contributed by atoms with van der Waals surface area (Å²) in [5.74, 6) is -1.30. The van der Waals surface area contributed by atoms with Crippen LogP contribution in [0.25, 0.3) is 0 Å². The first-order valence-corrected chi connectivity index (χ1v) is 10.6. The minimum absolute atomic E-state index is 0.125. The van der Waals surface area contributed by atoms with Crippen molar-refractivity contribution in [1.29, 1.82) is 0 Å². The van der Waals surface area contributed by atoms with E-state index >= 15 is 0 Å². The lowest BCUT2D eigenvalue weighted by Crippen LogP contribution is -2.44. The number of rotatable bonds is 5. The fourth-order valence-electron chi connectivity index (χ4n) is 3.09. The zero-order valence-electron chi connectivity index (χ0n) is 14.6. The fraction of sp³-hybridized carbons (Fsp3) is 0.316. The smallest absolute Gasteiger partial charge is 0.228 e.